The molecule has 1 rings (SSSR count). The van der Waals surface area contributed by atoms with Crippen molar-refractivity contribution >= 4 is 17.9 Å². The number of hydrogen-bond donors (Lipinski definition) is 0. The molecule has 0 spiro atoms. The van der Waals surface area contributed by atoms with E-state index >= 15 is 0 Å². The summed E-state index contributed by atoms with van der Waals surface area (Å²) >= 11 is 5.59. The van der Waals surface area contributed by atoms with Crippen LogP contribution in [0.2, 0.25) is 5.02 Å². The Bertz CT molecular complexity index is 221. The Kier molecular flexibility index (Phi) is 5.49. The minimum Gasteiger partial charge on any atom is -0.298 e. The quantitative estimate of drug-likeness (QED) is 0.592. The van der Waals surface area contributed by atoms with Crippen molar-refractivity contribution in [3.63, 3.8) is 0 Å². The number of rotatable bonds is 1. The summed E-state index contributed by atoms with van der Waals surface area (Å²) in [5.74, 6) is 0. The molecule has 0 atom stereocenters. The smallest absolute Gasteiger partial charge is 0.151 e. The molecule has 2 heteroatoms. The van der Waals surface area contributed by atoms with Crippen LogP contribution in [0.15, 0.2) is 24.3 Å². The highest BCUT2D eigenvalue weighted by molar-refractivity contribution is 6.32. The molecule has 0 aliphatic rings. The third-order valence-corrected chi connectivity index (χ3v) is 1.38. The molecule has 0 aliphatic heterocycles. The van der Waals surface area contributed by atoms with Gasteiger partial charge in [-0.15, -0.1) is 0 Å². The van der Waals surface area contributed by atoms with E-state index in [0.717, 1.165) is 6.29 Å². The van der Waals surface area contributed by atoms with Crippen LogP contribution in [0.25, 0.3) is 0 Å². The van der Waals surface area contributed by atoms with E-state index in [9.17, 15) is 4.79 Å². The molecule has 0 heterocycles. The van der Waals surface area contributed by atoms with Crippen molar-refractivity contribution in [2.45, 2.75) is 13.8 Å². The van der Waals surface area contributed by atoms with Gasteiger partial charge in [-0.3, -0.25) is 4.79 Å². The highest BCUT2D eigenvalue weighted by Gasteiger charge is 1.92. The Balaban J connectivity index is 0.000000461. The standard InChI is InChI=1S/C7H5ClO.C2H6/c8-7-4-2-1-3-6(7)5-9;1-2/h1-5H;1-2H3. The van der Waals surface area contributed by atoms with Crippen LogP contribution in [0.4, 0.5) is 0 Å². The minimum atomic E-state index is 0.507. The zero-order chi connectivity index (χ0) is 8.69. The van der Waals surface area contributed by atoms with Gasteiger partial charge in [0.15, 0.2) is 6.29 Å². The topological polar surface area (TPSA) is 17.1 Å². The van der Waals surface area contributed by atoms with E-state index in [1.807, 2.05) is 13.8 Å². The fraction of sp³-hybridized carbons (Fsp3) is 0.222. The molecule has 11 heavy (non-hydrogen) atoms. The summed E-state index contributed by atoms with van der Waals surface area (Å²) in [6.07, 6.45) is 0.738. The minimum absolute atomic E-state index is 0.507. The van der Waals surface area contributed by atoms with Crippen molar-refractivity contribution < 1.29 is 4.79 Å². The van der Waals surface area contributed by atoms with Gasteiger partial charge < -0.3 is 0 Å². The summed E-state index contributed by atoms with van der Waals surface area (Å²) in [6, 6.07) is 6.92. The summed E-state index contributed by atoms with van der Waals surface area (Å²) < 4.78 is 0. The lowest BCUT2D eigenvalue weighted by Gasteiger charge is -1.90. The van der Waals surface area contributed by atoms with E-state index in [2.05, 4.69) is 0 Å². The average Bonchev–Trinajstić information content (AvgIpc) is 2.09. The number of hydrogen-bond acceptors (Lipinski definition) is 1. The SMILES string of the molecule is CC.O=Cc1ccccc1Cl. The molecular weight excluding hydrogens is 160 g/mol. The largest absolute Gasteiger partial charge is 0.298 e. The molecule has 1 aromatic carbocycles. The average molecular weight is 171 g/mol. The van der Waals surface area contributed by atoms with Gasteiger partial charge in [0.05, 0.1) is 5.02 Å². The monoisotopic (exact) mass is 170 g/mol. The Labute approximate surface area is 72.0 Å². The van der Waals surface area contributed by atoms with Crippen LogP contribution in [-0.2, 0) is 0 Å². The molecule has 0 saturated heterocycles. The Hall–Kier alpha value is -0.820. The Morgan fingerprint density at radius 2 is 1.82 bits per heavy atom. The Morgan fingerprint density at radius 1 is 1.27 bits per heavy atom. The maximum absolute atomic E-state index is 10.1. The lowest BCUT2D eigenvalue weighted by atomic mass is 10.2. The summed E-state index contributed by atoms with van der Waals surface area (Å²) in [7, 11) is 0. The van der Waals surface area contributed by atoms with Gasteiger partial charge in [-0.05, 0) is 6.07 Å². The van der Waals surface area contributed by atoms with Gasteiger partial charge in [0, 0.05) is 5.56 Å². The summed E-state index contributed by atoms with van der Waals surface area (Å²) in [4.78, 5) is 10.1. The van der Waals surface area contributed by atoms with Crippen LogP contribution >= 0.6 is 11.6 Å². The van der Waals surface area contributed by atoms with Crippen molar-refractivity contribution in [1.82, 2.24) is 0 Å². The van der Waals surface area contributed by atoms with Gasteiger partial charge in [-0.2, -0.15) is 0 Å². The first-order chi connectivity index (χ1) is 5.34. The highest BCUT2D eigenvalue weighted by Crippen LogP contribution is 2.11. The van der Waals surface area contributed by atoms with Crippen LogP contribution in [0, 0.1) is 0 Å². The van der Waals surface area contributed by atoms with Crippen molar-refractivity contribution in [1.29, 1.82) is 0 Å². The second-order valence-corrected chi connectivity index (χ2v) is 2.05. The zero-order valence-electron chi connectivity index (χ0n) is 6.67. The molecule has 0 bridgehead atoms. The number of halogens is 1. The number of aldehydes is 1. The van der Waals surface area contributed by atoms with Crippen molar-refractivity contribution in [2.24, 2.45) is 0 Å². The first-order valence-electron chi connectivity index (χ1n) is 3.54. The van der Waals surface area contributed by atoms with Gasteiger partial charge in [-0.25, -0.2) is 0 Å². The first-order valence-corrected chi connectivity index (χ1v) is 3.92. The first kappa shape index (κ1) is 10.2. The van der Waals surface area contributed by atoms with Gasteiger partial charge in [0.2, 0.25) is 0 Å². The lowest BCUT2D eigenvalue weighted by molar-refractivity contribution is 0.112. The fourth-order valence-corrected chi connectivity index (χ4v) is 0.751. The molecule has 0 saturated carbocycles. The second kappa shape index (κ2) is 5.93. The lowest BCUT2D eigenvalue weighted by Crippen LogP contribution is -1.77. The summed E-state index contributed by atoms with van der Waals surface area (Å²) in [5.41, 5.74) is 0.541. The van der Waals surface area contributed by atoms with Crippen LogP contribution in [-0.4, -0.2) is 6.29 Å². The molecule has 0 fully saturated rings. The van der Waals surface area contributed by atoms with Gasteiger partial charge in [-0.1, -0.05) is 43.6 Å². The molecule has 0 aliphatic carbocycles. The van der Waals surface area contributed by atoms with Crippen LogP contribution in [0.3, 0.4) is 0 Å². The molecule has 60 valence electrons. The predicted octanol–water partition coefficient (Wildman–Crippen LogP) is 3.18. The maximum Gasteiger partial charge on any atom is 0.151 e. The molecular formula is C9H11ClO. The third kappa shape index (κ3) is 3.19. The van der Waals surface area contributed by atoms with Gasteiger partial charge >= 0.3 is 0 Å². The molecule has 0 amide bonds. The predicted molar refractivity (Wildman–Crippen MR) is 48.2 cm³/mol. The van der Waals surface area contributed by atoms with Crippen LogP contribution in [0.5, 0.6) is 0 Å². The van der Waals surface area contributed by atoms with E-state index in [-0.39, 0.29) is 0 Å². The number of benzene rings is 1. The van der Waals surface area contributed by atoms with Gasteiger partial charge in [0.25, 0.3) is 0 Å². The molecule has 1 nitrogen and oxygen atoms in total. The Morgan fingerprint density at radius 3 is 2.18 bits per heavy atom. The maximum atomic E-state index is 10.1. The van der Waals surface area contributed by atoms with Crippen LogP contribution < -0.4 is 0 Å². The van der Waals surface area contributed by atoms with E-state index in [0.29, 0.717) is 10.6 Å². The number of carbonyl (C=O) groups excluding carboxylic acids is 1. The number of carbonyl (C=O) groups is 1. The highest BCUT2D eigenvalue weighted by atomic mass is 35.5. The van der Waals surface area contributed by atoms with Crippen molar-refractivity contribution in [3.8, 4) is 0 Å². The van der Waals surface area contributed by atoms with Gasteiger partial charge in [0.1, 0.15) is 0 Å². The molecule has 0 N–H and O–H groups in total. The van der Waals surface area contributed by atoms with Crippen molar-refractivity contribution in [3.05, 3.63) is 34.9 Å². The van der Waals surface area contributed by atoms with Crippen LogP contribution in [0.1, 0.15) is 24.2 Å². The summed E-state index contributed by atoms with van der Waals surface area (Å²) in [6.45, 7) is 4.00. The van der Waals surface area contributed by atoms with Crippen molar-refractivity contribution in [2.75, 3.05) is 0 Å². The zero-order valence-corrected chi connectivity index (χ0v) is 7.43. The van der Waals surface area contributed by atoms with E-state index in [1.165, 1.54) is 0 Å². The second-order valence-electron chi connectivity index (χ2n) is 1.64. The fourth-order valence-electron chi connectivity index (χ4n) is 0.571. The van der Waals surface area contributed by atoms with E-state index < -0.39 is 0 Å². The molecule has 0 unspecified atom stereocenters. The van der Waals surface area contributed by atoms with E-state index in [4.69, 9.17) is 11.6 Å². The molecule has 1 aromatic rings. The summed E-state index contributed by atoms with van der Waals surface area (Å²) in [5, 5.41) is 0.507. The molecule has 0 radical (unpaired) electrons. The molecule has 0 aromatic heterocycles. The van der Waals surface area contributed by atoms with E-state index in [1.54, 1.807) is 24.3 Å². The normalized spacial score (nSPS) is 7.91. The third-order valence-electron chi connectivity index (χ3n) is 1.03.